The summed E-state index contributed by atoms with van der Waals surface area (Å²) >= 11 is 0. The zero-order valence-electron chi connectivity index (χ0n) is 12.4. The number of aryl methyl sites for hydroxylation is 1. The van der Waals surface area contributed by atoms with E-state index in [0.29, 0.717) is 5.56 Å². The lowest BCUT2D eigenvalue weighted by atomic mass is 10.00. The summed E-state index contributed by atoms with van der Waals surface area (Å²) in [5.74, 6) is -0.0568. The minimum Gasteiger partial charge on any atom is -0.203 e. The average Bonchev–Trinajstić information content (AvgIpc) is 3.26. The Morgan fingerprint density at radius 1 is 1.23 bits per heavy atom. The zero-order chi connectivity index (χ0) is 16.4. The third-order valence-corrected chi connectivity index (χ3v) is 5.01. The van der Waals surface area contributed by atoms with Crippen LogP contribution in [0.4, 0.5) is 13.2 Å². The van der Waals surface area contributed by atoms with Crippen LogP contribution in [0, 0.1) is 5.92 Å². The van der Waals surface area contributed by atoms with Gasteiger partial charge >= 0.3 is 15.5 Å². The Labute approximate surface area is 129 Å². The van der Waals surface area contributed by atoms with Crippen molar-refractivity contribution in [1.82, 2.24) is 4.72 Å². The van der Waals surface area contributed by atoms with Crippen LogP contribution in [-0.4, -0.2) is 13.9 Å². The molecular weight excluding hydrogens is 315 g/mol. The van der Waals surface area contributed by atoms with E-state index in [2.05, 4.69) is 6.92 Å². The second-order valence-corrected chi connectivity index (χ2v) is 7.43. The van der Waals surface area contributed by atoms with Crippen LogP contribution in [0.1, 0.15) is 49.8 Å². The highest BCUT2D eigenvalue weighted by molar-refractivity contribution is 7.90. The standard InChI is InChI=1S/C15H20F3NO2S/c1-2-3-4-11-5-7-12(8-6-11)14(13-9-10-13)19-22(20,21)15(16,17)18/h5-8,13-14,19H,2-4,9-10H2,1H3. The molecule has 1 N–H and O–H groups in total. The number of nitrogens with one attached hydrogen (secondary N) is 1. The Morgan fingerprint density at radius 3 is 2.27 bits per heavy atom. The molecule has 1 unspecified atom stereocenters. The number of benzene rings is 1. The van der Waals surface area contributed by atoms with E-state index in [1.807, 2.05) is 16.9 Å². The van der Waals surface area contributed by atoms with Crippen molar-refractivity contribution in [3.05, 3.63) is 35.4 Å². The van der Waals surface area contributed by atoms with Gasteiger partial charge < -0.3 is 0 Å². The van der Waals surface area contributed by atoms with E-state index in [-0.39, 0.29) is 5.92 Å². The minimum atomic E-state index is -5.32. The summed E-state index contributed by atoms with van der Waals surface area (Å²) < 4.78 is 62.1. The Kier molecular flexibility index (Phi) is 5.17. The lowest BCUT2D eigenvalue weighted by molar-refractivity contribution is -0.0451. The fourth-order valence-corrected chi connectivity index (χ4v) is 3.17. The molecule has 1 fully saturated rings. The van der Waals surface area contributed by atoms with Crippen molar-refractivity contribution >= 4 is 10.0 Å². The number of sulfonamides is 1. The van der Waals surface area contributed by atoms with Gasteiger partial charge in [-0.1, -0.05) is 37.6 Å². The van der Waals surface area contributed by atoms with Gasteiger partial charge in [-0.25, -0.2) is 8.42 Å². The first kappa shape index (κ1) is 17.3. The zero-order valence-corrected chi connectivity index (χ0v) is 13.2. The number of hydrogen-bond donors (Lipinski definition) is 1. The Balaban J connectivity index is 2.15. The van der Waals surface area contributed by atoms with E-state index in [1.165, 1.54) is 0 Å². The molecule has 0 bridgehead atoms. The summed E-state index contributed by atoms with van der Waals surface area (Å²) in [4.78, 5) is 0. The van der Waals surface area contributed by atoms with Gasteiger partial charge in [-0.05, 0) is 42.7 Å². The molecule has 1 aliphatic rings. The first-order valence-electron chi connectivity index (χ1n) is 7.42. The minimum absolute atomic E-state index is 0.0568. The Bertz CT molecular complexity index is 592. The highest BCUT2D eigenvalue weighted by Crippen LogP contribution is 2.42. The molecule has 0 radical (unpaired) electrons. The number of alkyl halides is 3. The summed E-state index contributed by atoms with van der Waals surface area (Å²) in [7, 11) is -5.32. The van der Waals surface area contributed by atoms with Crippen molar-refractivity contribution in [2.45, 2.75) is 50.6 Å². The van der Waals surface area contributed by atoms with Gasteiger partial charge in [-0.2, -0.15) is 17.9 Å². The Morgan fingerprint density at radius 2 is 1.82 bits per heavy atom. The van der Waals surface area contributed by atoms with Gasteiger partial charge in [0, 0.05) is 6.04 Å². The average molecular weight is 335 g/mol. The van der Waals surface area contributed by atoms with Gasteiger partial charge in [0.1, 0.15) is 0 Å². The first-order valence-corrected chi connectivity index (χ1v) is 8.90. The van der Waals surface area contributed by atoms with Crippen LogP contribution in [0.15, 0.2) is 24.3 Å². The molecule has 22 heavy (non-hydrogen) atoms. The third-order valence-electron chi connectivity index (χ3n) is 3.84. The topological polar surface area (TPSA) is 46.2 Å². The fraction of sp³-hybridized carbons (Fsp3) is 0.600. The quantitative estimate of drug-likeness (QED) is 0.821. The van der Waals surface area contributed by atoms with E-state index in [4.69, 9.17) is 0 Å². The fourth-order valence-electron chi connectivity index (χ4n) is 2.37. The van der Waals surface area contributed by atoms with Crippen molar-refractivity contribution in [3.63, 3.8) is 0 Å². The van der Waals surface area contributed by atoms with Crippen LogP contribution in [-0.2, 0) is 16.4 Å². The van der Waals surface area contributed by atoms with Crippen molar-refractivity contribution in [2.75, 3.05) is 0 Å². The summed E-state index contributed by atoms with van der Waals surface area (Å²) in [6.07, 6.45) is 4.51. The van der Waals surface area contributed by atoms with Crippen LogP contribution in [0.3, 0.4) is 0 Å². The SMILES string of the molecule is CCCCc1ccc(C(NS(=O)(=O)C(F)(F)F)C2CC2)cc1. The molecule has 124 valence electrons. The molecule has 3 nitrogen and oxygen atoms in total. The molecule has 1 aromatic carbocycles. The number of rotatable bonds is 7. The molecule has 0 saturated heterocycles. The summed E-state index contributed by atoms with van der Waals surface area (Å²) in [6.45, 7) is 2.09. The van der Waals surface area contributed by atoms with Crippen molar-refractivity contribution < 1.29 is 21.6 Å². The predicted molar refractivity (Wildman–Crippen MR) is 78.6 cm³/mol. The molecule has 2 rings (SSSR count). The molecule has 1 aromatic rings. The van der Waals surface area contributed by atoms with Crippen molar-refractivity contribution in [1.29, 1.82) is 0 Å². The van der Waals surface area contributed by atoms with E-state index < -0.39 is 21.6 Å². The molecule has 0 spiro atoms. The molecule has 0 aliphatic heterocycles. The second-order valence-electron chi connectivity index (χ2n) is 5.73. The summed E-state index contributed by atoms with van der Waals surface area (Å²) in [5.41, 5.74) is -3.57. The van der Waals surface area contributed by atoms with E-state index in [9.17, 15) is 21.6 Å². The van der Waals surface area contributed by atoms with Gasteiger partial charge in [-0.3, -0.25) is 0 Å². The smallest absolute Gasteiger partial charge is 0.203 e. The molecule has 1 atom stereocenters. The van der Waals surface area contributed by atoms with Gasteiger partial charge in [0.25, 0.3) is 0 Å². The van der Waals surface area contributed by atoms with E-state index in [1.54, 1.807) is 12.1 Å². The molecule has 1 saturated carbocycles. The monoisotopic (exact) mass is 335 g/mol. The molecule has 1 aliphatic carbocycles. The first-order chi connectivity index (χ1) is 10.2. The summed E-state index contributed by atoms with van der Waals surface area (Å²) in [5, 5.41) is 0. The summed E-state index contributed by atoms with van der Waals surface area (Å²) in [6, 6.07) is 6.39. The normalized spacial score (nSPS) is 17.5. The highest BCUT2D eigenvalue weighted by atomic mass is 32.2. The number of halogens is 3. The van der Waals surface area contributed by atoms with Gasteiger partial charge in [0.15, 0.2) is 0 Å². The largest absolute Gasteiger partial charge is 0.511 e. The molecule has 0 amide bonds. The molecule has 0 aromatic heterocycles. The van der Waals surface area contributed by atoms with E-state index >= 15 is 0 Å². The van der Waals surface area contributed by atoms with E-state index in [0.717, 1.165) is 37.7 Å². The maximum atomic E-state index is 12.5. The van der Waals surface area contributed by atoms with Gasteiger partial charge in [0.05, 0.1) is 0 Å². The van der Waals surface area contributed by atoms with Crippen molar-refractivity contribution in [2.24, 2.45) is 5.92 Å². The maximum absolute atomic E-state index is 12.5. The van der Waals surface area contributed by atoms with Crippen LogP contribution in [0.25, 0.3) is 0 Å². The number of hydrogen-bond acceptors (Lipinski definition) is 2. The van der Waals surface area contributed by atoms with Crippen LogP contribution in [0.5, 0.6) is 0 Å². The molecular formula is C15H20F3NO2S. The van der Waals surface area contributed by atoms with Crippen molar-refractivity contribution in [3.8, 4) is 0 Å². The second kappa shape index (κ2) is 6.58. The Hall–Kier alpha value is -1.08. The third kappa shape index (κ3) is 4.23. The maximum Gasteiger partial charge on any atom is 0.511 e. The van der Waals surface area contributed by atoms with Gasteiger partial charge in [0.2, 0.25) is 0 Å². The highest BCUT2D eigenvalue weighted by Gasteiger charge is 2.48. The van der Waals surface area contributed by atoms with Gasteiger partial charge in [-0.15, -0.1) is 0 Å². The lowest BCUT2D eigenvalue weighted by Crippen LogP contribution is -2.39. The van der Waals surface area contributed by atoms with Crippen LogP contribution in [0.2, 0.25) is 0 Å². The lowest BCUT2D eigenvalue weighted by Gasteiger charge is -2.20. The van der Waals surface area contributed by atoms with Crippen LogP contribution >= 0.6 is 0 Å². The molecule has 7 heteroatoms. The predicted octanol–water partition coefficient (Wildman–Crippen LogP) is 3.92. The van der Waals surface area contributed by atoms with Crippen LogP contribution < -0.4 is 4.72 Å². The number of unbranched alkanes of at least 4 members (excludes halogenated alkanes) is 1. The molecule has 0 heterocycles.